The molecule has 0 bridgehead atoms. The molecule has 0 aliphatic heterocycles. The average Bonchev–Trinajstić information content (AvgIpc) is 2.34. The Bertz CT molecular complexity index is 615. The minimum absolute atomic E-state index is 0.0859. The highest BCUT2D eigenvalue weighted by Gasteiger charge is 2.17. The van der Waals surface area contributed by atoms with Crippen LogP contribution < -0.4 is 10.5 Å². The fourth-order valence-corrected chi connectivity index (χ4v) is 2.34. The minimum Gasteiger partial charge on any atom is -0.349 e. The monoisotopic (exact) mass is 316 g/mol. The van der Waals surface area contributed by atoms with Crippen LogP contribution in [0, 0.1) is 11.7 Å². The zero-order valence-corrected chi connectivity index (χ0v) is 13.2. The maximum Gasteiger partial charge on any atom is 0.254 e. The van der Waals surface area contributed by atoms with E-state index in [0.29, 0.717) is 5.92 Å². The normalized spacial score (nSPS) is 13.2. The number of amides is 1. The standard InChI is InChI=1S/C14H21FN2O3S/c1-9(2)4-5-10(3)17-14(18)12-7-6-11(8-13(12)15)21(16,19)20/h6-10H,4-5H2,1-3H3,(H,17,18)(H2,16,19,20). The Kier molecular flexibility index (Phi) is 5.86. The lowest BCUT2D eigenvalue weighted by Crippen LogP contribution is -2.33. The van der Waals surface area contributed by atoms with Gasteiger partial charge in [0, 0.05) is 6.04 Å². The van der Waals surface area contributed by atoms with Gasteiger partial charge in [0.2, 0.25) is 10.0 Å². The highest BCUT2D eigenvalue weighted by atomic mass is 32.2. The molecule has 1 atom stereocenters. The summed E-state index contributed by atoms with van der Waals surface area (Å²) in [6, 6.07) is 2.91. The molecule has 0 saturated carbocycles. The molecule has 1 amide bonds. The topological polar surface area (TPSA) is 89.3 Å². The minimum atomic E-state index is -3.98. The first kappa shape index (κ1) is 17.6. The molecule has 1 unspecified atom stereocenters. The lowest BCUT2D eigenvalue weighted by atomic mass is 10.0. The highest BCUT2D eigenvalue weighted by Crippen LogP contribution is 2.14. The first-order valence-corrected chi connectivity index (χ1v) is 8.29. The summed E-state index contributed by atoms with van der Waals surface area (Å²) in [6.07, 6.45) is 1.74. The Hall–Kier alpha value is -1.47. The lowest BCUT2D eigenvalue weighted by Gasteiger charge is -2.15. The zero-order chi connectivity index (χ0) is 16.2. The Morgan fingerprint density at radius 3 is 2.38 bits per heavy atom. The molecule has 0 heterocycles. The van der Waals surface area contributed by atoms with Gasteiger partial charge >= 0.3 is 0 Å². The van der Waals surface area contributed by atoms with Crippen LogP contribution in [0.3, 0.4) is 0 Å². The quantitative estimate of drug-likeness (QED) is 0.841. The highest BCUT2D eigenvalue weighted by molar-refractivity contribution is 7.89. The molecule has 0 fully saturated rings. The van der Waals surface area contributed by atoms with Gasteiger partial charge < -0.3 is 5.32 Å². The van der Waals surface area contributed by atoms with E-state index in [0.717, 1.165) is 31.0 Å². The zero-order valence-electron chi connectivity index (χ0n) is 12.4. The van der Waals surface area contributed by atoms with Crippen LogP contribution in [0.15, 0.2) is 23.1 Å². The van der Waals surface area contributed by atoms with Crippen LogP contribution in [0.2, 0.25) is 0 Å². The number of sulfonamides is 1. The molecule has 0 aliphatic rings. The second kappa shape index (κ2) is 7.00. The SMILES string of the molecule is CC(C)CCC(C)NC(=O)c1ccc(S(N)(=O)=O)cc1F. The van der Waals surface area contributed by atoms with Crippen molar-refractivity contribution in [3.63, 3.8) is 0 Å². The van der Waals surface area contributed by atoms with Gasteiger partial charge in [0.25, 0.3) is 5.91 Å². The molecule has 7 heteroatoms. The number of primary sulfonamides is 1. The predicted molar refractivity (Wildman–Crippen MR) is 78.8 cm³/mol. The van der Waals surface area contributed by atoms with Crippen molar-refractivity contribution < 1.29 is 17.6 Å². The van der Waals surface area contributed by atoms with Crippen molar-refractivity contribution in [2.24, 2.45) is 11.1 Å². The van der Waals surface area contributed by atoms with E-state index in [9.17, 15) is 17.6 Å². The largest absolute Gasteiger partial charge is 0.349 e. The second-order valence-electron chi connectivity index (χ2n) is 5.53. The Morgan fingerprint density at radius 1 is 1.29 bits per heavy atom. The van der Waals surface area contributed by atoms with Crippen LogP contribution in [-0.2, 0) is 10.0 Å². The van der Waals surface area contributed by atoms with E-state index in [2.05, 4.69) is 19.2 Å². The van der Waals surface area contributed by atoms with Crippen molar-refractivity contribution in [3.8, 4) is 0 Å². The predicted octanol–water partition coefficient (Wildman–Crippen LogP) is 2.03. The molecule has 1 aromatic carbocycles. The van der Waals surface area contributed by atoms with E-state index in [-0.39, 0.29) is 16.5 Å². The van der Waals surface area contributed by atoms with Crippen LogP contribution in [0.5, 0.6) is 0 Å². The molecular weight excluding hydrogens is 295 g/mol. The molecule has 5 nitrogen and oxygen atoms in total. The van der Waals surface area contributed by atoms with Gasteiger partial charge in [0.15, 0.2) is 0 Å². The third-order valence-corrected chi connectivity index (χ3v) is 3.98. The number of rotatable bonds is 6. The maximum atomic E-state index is 13.8. The molecule has 1 aromatic rings. The van der Waals surface area contributed by atoms with Crippen molar-refractivity contribution in [1.82, 2.24) is 5.32 Å². The van der Waals surface area contributed by atoms with Crippen LogP contribution in [0.25, 0.3) is 0 Å². The van der Waals surface area contributed by atoms with Gasteiger partial charge in [-0.05, 0) is 43.9 Å². The van der Waals surface area contributed by atoms with Gasteiger partial charge in [0.1, 0.15) is 5.82 Å². The fourth-order valence-electron chi connectivity index (χ4n) is 1.81. The van der Waals surface area contributed by atoms with Crippen LogP contribution in [-0.4, -0.2) is 20.4 Å². The molecule has 1 rings (SSSR count). The number of nitrogens with two attached hydrogens (primary N) is 1. The van der Waals surface area contributed by atoms with Gasteiger partial charge in [0.05, 0.1) is 10.5 Å². The number of hydrogen-bond acceptors (Lipinski definition) is 3. The van der Waals surface area contributed by atoms with E-state index < -0.39 is 21.7 Å². The van der Waals surface area contributed by atoms with Gasteiger partial charge in [-0.1, -0.05) is 13.8 Å². The summed E-state index contributed by atoms with van der Waals surface area (Å²) >= 11 is 0. The van der Waals surface area contributed by atoms with Gasteiger partial charge in [-0.2, -0.15) is 0 Å². The van der Waals surface area contributed by atoms with Crippen molar-refractivity contribution in [1.29, 1.82) is 0 Å². The van der Waals surface area contributed by atoms with Crippen LogP contribution in [0.4, 0.5) is 4.39 Å². The fraction of sp³-hybridized carbons (Fsp3) is 0.500. The smallest absolute Gasteiger partial charge is 0.254 e. The molecular formula is C14H21FN2O3S. The summed E-state index contributed by atoms with van der Waals surface area (Å²) in [5, 5.41) is 7.60. The van der Waals surface area contributed by atoms with E-state index in [4.69, 9.17) is 5.14 Å². The summed E-state index contributed by atoms with van der Waals surface area (Å²) in [7, 11) is -3.98. The van der Waals surface area contributed by atoms with Crippen molar-refractivity contribution in [3.05, 3.63) is 29.6 Å². The van der Waals surface area contributed by atoms with Gasteiger partial charge in [-0.25, -0.2) is 17.9 Å². The molecule has 21 heavy (non-hydrogen) atoms. The summed E-state index contributed by atoms with van der Waals surface area (Å²) < 4.78 is 36.0. The first-order chi connectivity index (χ1) is 9.61. The van der Waals surface area contributed by atoms with E-state index in [1.54, 1.807) is 0 Å². The number of nitrogens with one attached hydrogen (secondary N) is 1. The maximum absolute atomic E-state index is 13.8. The second-order valence-corrected chi connectivity index (χ2v) is 7.09. The number of carbonyl (C=O) groups is 1. The first-order valence-electron chi connectivity index (χ1n) is 6.74. The number of halogens is 1. The van der Waals surface area contributed by atoms with Crippen molar-refractivity contribution in [2.45, 2.75) is 44.6 Å². The van der Waals surface area contributed by atoms with Crippen LogP contribution in [0.1, 0.15) is 44.0 Å². The summed E-state index contributed by atoms with van der Waals surface area (Å²) in [5.74, 6) is -0.949. The Labute approximate surface area is 124 Å². The van der Waals surface area contributed by atoms with E-state index >= 15 is 0 Å². The van der Waals surface area contributed by atoms with Crippen molar-refractivity contribution in [2.75, 3.05) is 0 Å². The molecule has 0 aliphatic carbocycles. The number of hydrogen-bond donors (Lipinski definition) is 2. The lowest BCUT2D eigenvalue weighted by molar-refractivity contribution is 0.0933. The van der Waals surface area contributed by atoms with Crippen LogP contribution >= 0.6 is 0 Å². The molecule has 118 valence electrons. The Morgan fingerprint density at radius 2 is 1.90 bits per heavy atom. The number of carbonyl (C=O) groups excluding carboxylic acids is 1. The summed E-state index contributed by atoms with van der Waals surface area (Å²) in [5.41, 5.74) is -0.196. The third kappa shape index (κ3) is 5.43. The third-order valence-electron chi connectivity index (χ3n) is 3.07. The average molecular weight is 316 g/mol. The molecule has 0 aromatic heterocycles. The Balaban J connectivity index is 2.80. The summed E-state index contributed by atoms with van der Waals surface area (Å²) in [4.78, 5) is 11.6. The summed E-state index contributed by atoms with van der Waals surface area (Å²) in [6.45, 7) is 6.01. The van der Waals surface area contributed by atoms with Crippen molar-refractivity contribution >= 4 is 15.9 Å². The molecule has 0 radical (unpaired) electrons. The van der Waals surface area contributed by atoms with E-state index in [1.807, 2.05) is 6.92 Å². The van der Waals surface area contributed by atoms with Gasteiger partial charge in [-0.3, -0.25) is 4.79 Å². The molecule has 0 spiro atoms. The molecule has 0 saturated heterocycles. The molecule has 3 N–H and O–H groups in total. The number of benzene rings is 1. The van der Waals surface area contributed by atoms with E-state index in [1.165, 1.54) is 0 Å². The van der Waals surface area contributed by atoms with Gasteiger partial charge in [-0.15, -0.1) is 0 Å².